The molecule has 1 aromatic carbocycles. The second kappa shape index (κ2) is 5.92. The first-order chi connectivity index (χ1) is 10.1. The van der Waals surface area contributed by atoms with E-state index in [0.29, 0.717) is 5.56 Å². The molecule has 2 N–H and O–H groups in total. The lowest BCUT2D eigenvalue weighted by molar-refractivity contribution is -0.124. The van der Waals surface area contributed by atoms with Gasteiger partial charge in [0.15, 0.2) is 9.84 Å². The molecule has 0 aromatic heterocycles. The number of carbonyl (C=O) groups excluding carboxylic acids is 1. The van der Waals surface area contributed by atoms with Crippen LogP contribution in [0.1, 0.15) is 24.9 Å². The number of halogens is 2. The Morgan fingerprint density at radius 1 is 1.36 bits per heavy atom. The number of rotatable bonds is 4. The summed E-state index contributed by atoms with van der Waals surface area (Å²) in [5, 5.41) is 5.14. The molecule has 122 valence electrons. The molecule has 0 saturated carbocycles. The quantitative estimate of drug-likeness (QED) is 0.871. The van der Waals surface area contributed by atoms with Crippen molar-refractivity contribution < 1.29 is 22.0 Å². The second-order valence-corrected chi connectivity index (χ2v) is 7.58. The molecule has 1 aliphatic heterocycles. The molecule has 1 saturated heterocycles. The summed E-state index contributed by atoms with van der Waals surface area (Å²) in [5.74, 6) is -3.35. The van der Waals surface area contributed by atoms with E-state index >= 15 is 0 Å². The van der Waals surface area contributed by atoms with Crippen molar-refractivity contribution in [2.45, 2.75) is 36.2 Å². The van der Waals surface area contributed by atoms with Gasteiger partial charge < -0.3 is 5.32 Å². The molecule has 2 atom stereocenters. The van der Waals surface area contributed by atoms with Crippen molar-refractivity contribution in [3.8, 4) is 0 Å². The summed E-state index contributed by atoms with van der Waals surface area (Å²) in [6.45, 7) is 1.21. The second-order valence-electron chi connectivity index (χ2n) is 5.57. The van der Waals surface area contributed by atoms with Gasteiger partial charge in [0, 0.05) is 12.7 Å². The molecule has 0 spiro atoms. The van der Waals surface area contributed by atoms with E-state index in [1.165, 1.54) is 12.1 Å². The highest BCUT2D eigenvalue weighted by Gasteiger charge is 2.42. The smallest absolute Gasteiger partial charge is 0.262 e. The molecule has 0 bridgehead atoms. The van der Waals surface area contributed by atoms with E-state index in [1.54, 1.807) is 19.1 Å². The third kappa shape index (κ3) is 4.01. The molecular weight excluding hydrogens is 314 g/mol. The van der Waals surface area contributed by atoms with E-state index in [4.69, 9.17) is 0 Å². The number of alkyl halides is 2. The highest BCUT2D eigenvalue weighted by atomic mass is 32.2. The summed E-state index contributed by atoms with van der Waals surface area (Å²) in [7, 11) is -3.28. The normalized spacial score (nSPS) is 22.3. The van der Waals surface area contributed by atoms with Crippen molar-refractivity contribution in [1.29, 1.82) is 0 Å². The van der Waals surface area contributed by atoms with Crippen LogP contribution < -0.4 is 10.6 Å². The first-order valence-corrected chi connectivity index (χ1v) is 8.69. The van der Waals surface area contributed by atoms with E-state index in [2.05, 4.69) is 10.6 Å². The number of hydrogen-bond donors (Lipinski definition) is 2. The maximum Gasteiger partial charge on any atom is 0.262 e. The van der Waals surface area contributed by atoms with Crippen LogP contribution in [0.25, 0.3) is 0 Å². The van der Waals surface area contributed by atoms with Crippen molar-refractivity contribution in [3.63, 3.8) is 0 Å². The summed E-state index contributed by atoms with van der Waals surface area (Å²) in [4.78, 5) is 12.1. The third-order valence-electron chi connectivity index (χ3n) is 3.59. The molecule has 1 aliphatic rings. The first-order valence-electron chi connectivity index (χ1n) is 6.80. The van der Waals surface area contributed by atoms with Gasteiger partial charge in [0.05, 0.1) is 23.5 Å². The molecule has 8 heteroatoms. The highest BCUT2D eigenvalue weighted by molar-refractivity contribution is 7.90. The van der Waals surface area contributed by atoms with Crippen LogP contribution in [0.2, 0.25) is 0 Å². The predicted octanol–water partition coefficient (Wildman–Crippen LogP) is 1.26. The number of amides is 1. The summed E-state index contributed by atoms with van der Waals surface area (Å²) in [6, 6.07) is 4.78. The molecule has 1 amide bonds. The van der Waals surface area contributed by atoms with Gasteiger partial charge in [-0.25, -0.2) is 17.2 Å². The van der Waals surface area contributed by atoms with Crippen molar-refractivity contribution in [2.24, 2.45) is 0 Å². The maximum atomic E-state index is 13.1. The Hall–Kier alpha value is -1.54. The molecule has 0 radical (unpaired) electrons. The van der Waals surface area contributed by atoms with Crippen LogP contribution in [0.15, 0.2) is 29.2 Å². The fourth-order valence-electron chi connectivity index (χ4n) is 2.30. The lowest BCUT2D eigenvalue weighted by Gasteiger charge is -2.17. The van der Waals surface area contributed by atoms with Gasteiger partial charge in [0.2, 0.25) is 5.91 Å². The topological polar surface area (TPSA) is 75.3 Å². The highest BCUT2D eigenvalue weighted by Crippen LogP contribution is 2.25. The number of sulfone groups is 1. The van der Waals surface area contributed by atoms with Gasteiger partial charge in [-0.1, -0.05) is 12.1 Å². The van der Waals surface area contributed by atoms with Crippen LogP contribution in [0.5, 0.6) is 0 Å². The standard InChI is InChI=1S/C14H18F2N2O3S/c1-9(10-3-5-11(6-4-10)22(2,20)21)18-13(19)12-7-14(15,16)8-17-12/h3-6,9,12,17H,7-8H2,1-2H3,(H,18,19). The van der Waals surface area contributed by atoms with Crippen LogP contribution in [-0.2, 0) is 14.6 Å². The van der Waals surface area contributed by atoms with Crippen LogP contribution in [0, 0.1) is 0 Å². The van der Waals surface area contributed by atoms with Crippen LogP contribution in [0.4, 0.5) is 8.78 Å². The Kier molecular flexibility index (Phi) is 4.53. The number of carbonyl (C=O) groups is 1. The van der Waals surface area contributed by atoms with Crippen LogP contribution in [0.3, 0.4) is 0 Å². The zero-order chi connectivity index (χ0) is 16.5. The van der Waals surface area contributed by atoms with E-state index < -0.39 is 46.7 Å². The molecule has 0 aliphatic carbocycles. The molecule has 5 nitrogen and oxygen atoms in total. The molecule has 2 rings (SSSR count). The minimum Gasteiger partial charge on any atom is -0.348 e. The number of benzene rings is 1. The summed E-state index contributed by atoms with van der Waals surface area (Å²) >= 11 is 0. The Morgan fingerprint density at radius 2 is 1.95 bits per heavy atom. The lowest BCUT2D eigenvalue weighted by atomic mass is 10.1. The summed E-state index contributed by atoms with van der Waals surface area (Å²) in [5.41, 5.74) is 0.700. The van der Waals surface area contributed by atoms with E-state index in [1.807, 2.05) is 0 Å². The van der Waals surface area contributed by atoms with E-state index in [0.717, 1.165) is 6.26 Å². The SMILES string of the molecule is CC(NC(=O)C1CC(F)(F)CN1)c1ccc(S(C)(=O)=O)cc1. The largest absolute Gasteiger partial charge is 0.348 e. The van der Waals surface area contributed by atoms with Gasteiger partial charge in [0.25, 0.3) is 5.92 Å². The average molecular weight is 332 g/mol. The Bertz CT molecular complexity index is 659. The molecule has 22 heavy (non-hydrogen) atoms. The van der Waals surface area contributed by atoms with Gasteiger partial charge in [-0.3, -0.25) is 10.1 Å². The minimum absolute atomic E-state index is 0.187. The van der Waals surface area contributed by atoms with Gasteiger partial charge in [-0.2, -0.15) is 0 Å². The van der Waals surface area contributed by atoms with Crippen LogP contribution >= 0.6 is 0 Å². The van der Waals surface area contributed by atoms with Crippen molar-refractivity contribution in [2.75, 3.05) is 12.8 Å². The van der Waals surface area contributed by atoms with Gasteiger partial charge in [-0.05, 0) is 24.6 Å². The lowest BCUT2D eigenvalue weighted by Crippen LogP contribution is -2.41. The first kappa shape index (κ1) is 16.8. The summed E-state index contributed by atoms with van der Waals surface area (Å²) in [6.07, 6.45) is 0.595. The van der Waals surface area contributed by atoms with Crippen molar-refractivity contribution in [3.05, 3.63) is 29.8 Å². The van der Waals surface area contributed by atoms with E-state index in [-0.39, 0.29) is 4.90 Å². The van der Waals surface area contributed by atoms with Gasteiger partial charge in [-0.15, -0.1) is 0 Å². The molecular formula is C14H18F2N2O3S. The average Bonchev–Trinajstić information content (AvgIpc) is 2.78. The minimum atomic E-state index is -3.28. The summed E-state index contributed by atoms with van der Waals surface area (Å²) < 4.78 is 48.9. The molecule has 1 fully saturated rings. The maximum absolute atomic E-state index is 13.1. The fourth-order valence-corrected chi connectivity index (χ4v) is 2.93. The predicted molar refractivity (Wildman–Crippen MR) is 77.5 cm³/mol. The number of nitrogens with one attached hydrogen (secondary N) is 2. The molecule has 1 aromatic rings. The molecule has 1 heterocycles. The van der Waals surface area contributed by atoms with Crippen molar-refractivity contribution >= 4 is 15.7 Å². The van der Waals surface area contributed by atoms with E-state index in [9.17, 15) is 22.0 Å². The molecule has 2 unspecified atom stereocenters. The van der Waals surface area contributed by atoms with Crippen LogP contribution in [-0.4, -0.2) is 39.1 Å². The zero-order valence-corrected chi connectivity index (χ0v) is 13.1. The third-order valence-corrected chi connectivity index (χ3v) is 4.72. The number of hydrogen-bond acceptors (Lipinski definition) is 4. The van der Waals surface area contributed by atoms with Gasteiger partial charge >= 0.3 is 0 Å². The fraction of sp³-hybridized carbons (Fsp3) is 0.500. The zero-order valence-electron chi connectivity index (χ0n) is 12.3. The monoisotopic (exact) mass is 332 g/mol. The van der Waals surface area contributed by atoms with Gasteiger partial charge in [0.1, 0.15) is 0 Å². The Morgan fingerprint density at radius 3 is 2.41 bits per heavy atom. The van der Waals surface area contributed by atoms with Crippen molar-refractivity contribution in [1.82, 2.24) is 10.6 Å². The Labute approximate surface area is 128 Å². The Balaban J connectivity index is 2.00.